The van der Waals surface area contributed by atoms with Gasteiger partial charge in [0.25, 0.3) is 0 Å². The van der Waals surface area contributed by atoms with E-state index in [0.29, 0.717) is 11.8 Å². The first-order valence-corrected chi connectivity index (χ1v) is 11.2. The van der Waals surface area contributed by atoms with Crippen LogP contribution in [0.1, 0.15) is 56.6 Å². The number of hydrogen-bond donors (Lipinski definition) is 1. The zero-order valence-corrected chi connectivity index (χ0v) is 18.9. The van der Waals surface area contributed by atoms with E-state index in [1.165, 1.54) is 24.0 Å². The molecular weight excluding hydrogens is 394 g/mol. The third-order valence-electron chi connectivity index (χ3n) is 6.40. The molecule has 0 aromatic heterocycles. The molecule has 2 aromatic carbocycles. The van der Waals surface area contributed by atoms with E-state index in [-0.39, 0.29) is 24.5 Å². The average Bonchev–Trinajstić information content (AvgIpc) is 2.78. The van der Waals surface area contributed by atoms with E-state index >= 15 is 0 Å². The number of rotatable bonds is 7. The van der Waals surface area contributed by atoms with Crippen molar-refractivity contribution in [1.82, 2.24) is 0 Å². The quantitative estimate of drug-likeness (QED) is 0.571. The molecule has 0 amide bonds. The third kappa shape index (κ3) is 7.45. The molecule has 1 aliphatic heterocycles. The highest BCUT2D eigenvalue weighted by molar-refractivity contribution is 5.85. The van der Waals surface area contributed by atoms with Crippen molar-refractivity contribution >= 4 is 18.4 Å². The summed E-state index contributed by atoms with van der Waals surface area (Å²) in [5.41, 5.74) is 8.79. The van der Waals surface area contributed by atoms with Gasteiger partial charge >= 0.3 is 5.97 Å². The number of aryl methyl sites for hydroxylation is 2. The van der Waals surface area contributed by atoms with Gasteiger partial charge in [0.05, 0.1) is 0 Å². The molecule has 0 saturated carbocycles. The Balaban J connectivity index is 0.00000320. The number of halogens is 1. The standard InChI is InChI=1S/C26H35NO2.ClH/c1-20-24(19-18-22-12-6-3-7-13-22)23(16-9-17-25(27)26(28)29-20)15-8-14-21-10-4-2-5-11-21;/h2-7,10-13,20,23-25H,8-9,14-19,27H2,1H3;1H/t20-,23-,24-,25-;/m0./s1. The van der Waals surface area contributed by atoms with Crippen molar-refractivity contribution < 1.29 is 9.53 Å². The highest BCUT2D eigenvalue weighted by atomic mass is 35.5. The lowest BCUT2D eigenvalue weighted by molar-refractivity contribution is -0.153. The molecule has 2 N–H and O–H groups in total. The van der Waals surface area contributed by atoms with Crippen LogP contribution in [0.2, 0.25) is 0 Å². The monoisotopic (exact) mass is 429 g/mol. The first-order chi connectivity index (χ1) is 14.1. The van der Waals surface area contributed by atoms with Crippen LogP contribution in [0.25, 0.3) is 0 Å². The van der Waals surface area contributed by atoms with E-state index in [4.69, 9.17) is 10.5 Å². The van der Waals surface area contributed by atoms with Crippen LogP contribution in [-0.2, 0) is 22.4 Å². The van der Waals surface area contributed by atoms with Gasteiger partial charge in [-0.1, -0.05) is 67.1 Å². The van der Waals surface area contributed by atoms with Gasteiger partial charge in [0.1, 0.15) is 12.1 Å². The van der Waals surface area contributed by atoms with Crippen LogP contribution in [0.15, 0.2) is 60.7 Å². The predicted octanol–water partition coefficient (Wildman–Crippen LogP) is 5.74. The third-order valence-corrected chi connectivity index (χ3v) is 6.40. The molecule has 0 spiro atoms. The molecule has 4 heteroatoms. The number of hydrogen-bond acceptors (Lipinski definition) is 3. The number of nitrogens with two attached hydrogens (primary N) is 1. The highest BCUT2D eigenvalue weighted by Gasteiger charge is 2.32. The SMILES string of the molecule is C[C@@H]1OC(=O)[C@@H](N)CCC[C@H](CCCc2ccccc2)[C@H]1CCc1ccccc1.Cl. The summed E-state index contributed by atoms with van der Waals surface area (Å²) in [6.07, 6.45) is 8.29. The maximum Gasteiger partial charge on any atom is 0.323 e. The lowest BCUT2D eigenvalue weighted by Gasteiger charge is -2.31. The fourth-order valence-electron chi connectivity index (χ4n) is 4.69. The summed E-state index contributed by atoms with van der Waals surface area (Å²) >= 11 is 0. The highest BCUT2D eigenvalue weighted by Crippen LogP contribution is 2.33. The van der Waals surface area contributed by atoms with Gasteiger partial charge in [-0.05, 0) is 74.8 Å². The molecular formula is C26H36ClNO2. The molecule has 0 bridgehead atoms. The summed E-state index contributed by atoms with van der Waals surface area (Å²) in [7, 11) is 0. The predicted molar refractivity (Wildman–Crippen MR) is 126 cm³/mol. The maximum atomic E-state index is 12.3. The zero-order valence-electron chi connectivity index (χ0n) is 18.0. The Hall–Kier alpha value is -1.84. The Morgan fingerprint density at radius 2 is 1.50 bits per heavy atom. The molecule has 0 radical (unpaired) electrons. The molecule has 1 aliphatic rings. The van der Waals surface area contributed by atoms with Crippen LogP contribution < -0.4 is 5.73 Å². The average molecular weight is 430 g/mol. The fraction of sp³-hybridized carbons (Fsp3) is 0.500. The van der Waals surface area contributed by atoms with Gasteiger partial charge in [-0.3, -0.25) is 4.79 Å². The van der Waals surface area contributed by atoms with Gasteiger partial charge in [0, 0.05) is 0 Å². The van der Waals surface area contributed by atoms with Crippen LogP contribution in [0.4, 0.5) is 0 Å². The van der Waals surface area contributed by atoms with Crippen LogP contribution in [0, 0.1) is 11.8 Å². The van der Waals surface area contributed by atoms with Gasteiger partial charge in [-0.25, -0.2) is 0 Å². The lowest BCUT2D eigenvalue weighted by Crippen LogP contribution is -2.36. The van der Waals surface area contributed by atoms with E-state index in [2.05, 4.69) is 67.6 Å². The topological polar surface area (TPSA) is 52.3 Å². The van der Waals surface area contributed by atoms with Crippen LogP contribution >= 0.6 is 12.4 Å². The Morgan fingerprint density at radius 1 is 0.900 bits per heavy atom. The summed E-state index contributed by atoms with van der Waals surface area (Å²) in [5, 5.41) is 0. The van der Waals surface area contributed by atoms with E-state index in [1.54, 1.807) is 0 Å². The second-order valence-electron chi connectivity index (χ2n) is 8.51. The number of esters is 1. The molecule has 2 aromatic rings. The molecule has 1 heterocycles. The van der Waals surface area contributed by atoms with Gasteiger partial charge in [-0.2, -0.15) is 0 Å². The minimum Gasteiger partial charge on any atom is -0.461 e. The normalized spacial score (nSPS) is 24.7. The minimum absolute atomic E-state index is 0. The summed E-state index contributed by atoms with van der Waals surface area (Å²) in [6, 6.07) is 20.9. The van der Waals surface area contributed by atoms with Crippen LogP contribution in [0.3, 0.4) is 0 Å². The number of benzene rings is 2. The molecule has 0 aliphatic carbocycles. The van der Waals surface area contributed by atoms with Crippen LogP contribution in [0.5, 0.6) is 0 Å². The Kier molecular flexibility index (Phi) is 10.4. The van der Waals surface area contributed by atoms with Gasteiger partial charge in [-0.15, -0.1) is 12.4 Å². The summed E-state index contributed by atoms with van der Waals surface area (Å²) in [5.74, 6) is 0.711. The van der Waals surface area contributed by atoms with Crippen molar-refractivity contribution in [2.75, 3.05) is 0 Å². The number of ether oxygens (including phenoxy) is 1. The largest absolute Gasteiger partial charge is 0.461 e. The summed E-state index contributed by atoms with van der Waals surface area (Å²) in [4.78, 5) is 12.3. The van der Waals surface area contributed by atoms with E-state index in [9.17, 15) is 4.79 Å². The van der Waals surface area contributed by atoms with Crippen molar-refractivity contribution in [2.45, 2.75) is 70.4 Å². The first kappa shape index (κ1) is 24.4. The second kappa shape index (κ2) is 12.8. The molecule has 164 valence electrons. The first-order valence-electron chi connectivity index (χ1n) is 11.2. The number of carbonyl (C=O) groups excluding carboxylic acids is 1. The van der Waals surface area contributed by atoms with Crippen molar-refractivity contribution in [3.63, 3.8) is 0 Å². The molecule has 1 saturated heterocycles. The fourth-order valence-corrected chi connectivity index (χ4v) is 4.69. The molecule has 1 fully saturated rings. The van der Waals surface area contributed by atoms with Gasteiger partial charge in [0.2, 0.25) is 0 Å². The van der Waals surface area contributed by atoms with Crippen molar-refractivity contribution in [2.24, 2.45) is 17.6 Å². The zero-order chi connectivity index (χ0) is 20.5. The van der Waals surface area contributed by atoms with Crippen molar-refractivity contribution in [1.29, 1.82) is 0 Å². The van der Waals surface area contributed by atoms with Gasteiger partial charge < -0.3 is 10.5 Å². The molecule has 0 unspecified atom stereocenters. The van der Waals surface area contributed by atoms with E-state index < -0.39 is 6.04 Å². The number of cyclic esters (lactones) is 1. The smallest absolute Gasteiger partial charge is 0.323 e. The molecule has 3 rings (SSSR count). The van der Waals surface area contributed by atoms with Crippen molar-refractivity contribution in [3.8, 4) is 0 Å². The van der Waals surface area contributed by atoms with Gasteiger partial charge in [0.15, 0.2) is 0 Å². The van der Waals surface area contributed by atoms with E-state index in [0.717, 1.165) is 38.5 Å². The Morgan fingerprint density at radius 3 is 2.13 bits per heavy atom. The van der Waals surface area contributed by atoms with E-state index in [1.807, 2.05) is 0 Å². The minimum atomic E-state index is -0.477. The maximum absolute atomic E-state index is 12.3. The number of carbonyl (C=O) groups is 1. The molecule has 4 atom stereocenters. The Labute approximate surface area is 187 Å². The van der Waals surface area contributed by atoms with Crippen molar-refractivity contribution in [3.05, 3.63) is 71.8 Å². The molecule has 3 nitrogen and oxygen atoms in total. The lowest BCUT2D eigenvalue weighted by atomic mass is 9.78. The summed E-state index contributed by atoms with van der Waals surface area (Å²) < 4.78 is 5.82. The molecule has 30 heavy (non-hydrogen) atoms. The Bertz CT molecular complexity index is 737. The summed E-state index contributed by atoms with van der Waals surface area (Å²) in [6.45, 7) is 2.07. The second-order valence-corrected chi connectivity index (χ2v) is 8.51. The van der Waals surface area contributed by atoms with Crippen LogP contribution in [-0.4, -0.2) is 18.1 Å².